The molecule has 0 aliphatic heterocycles. The quantitative estimate of drug-likeness (QED) is 0.111. The van der Waals surface area contributed by atoms with Gasteiger partial charge in [0.1, 0.15) is 0 Å². The van der Waals surface area contributed by atoms with Crippen molar-refractivity contribution >= 4 is 17.9 Å². The van der Waals surface area contributed by atoms with Crippen LogP contribution in [0.2, 0.25) is 0 Å². The second kappa shape index (κ2) is 31.0. The first kappa shape index (κ1) is 34.4. The normalized spacial score (nSPS) is 10.3. The maximum Gasteiger partial charge on any atom is 0.328 e. The third-order valence-electron chi connectivity index (χ3n) is 4.12. The van der Waals surface area contributed by atoms with E-state index in [1.807, 2.05) is 0 Å². The van der Waals surface area contributed by atoms with Crippen LogP contribution < -0.4 is 0 Å². The lowest BCUT2D eigenvalue weighted by atomic mass is 10.1. The third-order valence-corrected chi connectivity index (χ3v) is 4.12. The summed E-state index contributed by atoms with van der Waals surface area (Å²) in [7, 11) is 0. The number of carbonyl (C=O) groups is 3. The SMILES string of the molecule is CCCCCCCC/C=C\CCCCCCCC(=O)O.O=C(O)/C=C\C(=O)O.OCCO. The van der Waals surface area contributed by atoms with E-state index in [0.29, 0.717) is 18.6 Å². The van der Waals surface area contributed by atoms with Crippen molar-refractivity contribution < 1.29 is 39.9 Å². The summed E-state index contributed by atoms with van der Waals surface area (Å²) in [6, 6.07) is 0. The summed E-state index contributed by atoms with van der Waals surface area (Å²) >= 11 is 0. The zero-order chi connectivity index (χ0) is 24.9. The van der Waals surface area contributed by atoms with Gasteiger partial charge in [0.25, 0.3) is 0 Å². The lowest BCUT2D eigenvalue weighted by Gasteiger charge is -1.99. The molecule has 5 N–H and O–H groups in total. The van der Waals surface area contributed by atoms with Crippen molar-refractivity contribution in [2.45, 2.75) is 96.8 Å². The van der Waals surface area contributed by atoms with E-state index in [2.05, 4.69) is 19.1 Å². The number of hydrogen-bond donors (Lipinski definition) is 5. The van der Waals surface area contributed by atoms with Crippen LogP contribution in [-0.4, -0.2) is 56.7 Å². The summed E-state index contributed by atoms with van der Waals surface area (Å²) in [5, 5.41) is 39.4. The smallest absolute Gasteiger partial charge is 0.328 e. The van der Waals surface area contributed by atoms with E-state index in [0.717, 1.165) is 12.8 Å². The predicted octanol–water partition coefficient (Wildman–Crippen LogP) is 4.79. The number of carboxylic acid groups (broad SMARTS) is 3. The van der Waals surface area contributed by atoms with E-state index < -0.39 is 17.9 Å². The van der Waals surface area contributed by atoms with Gasteiger partial charge in [-0.05, 0) is 32.1 Å². The zero-order valence-electron chi connectivity index (χ0n) is 19.6. The zero-order valence-corrected chi connectivity index (χ0v) is 19.6. The van der Waals surface area contributed by atoms with Gasteiger partial charge in [-0.3, -0.25) is 4.79 Å². The van der Waals surface area contributed by atoms with Crippen LogP contribution >= 0.6 is 0 Å². The number of hydrogen-bond acceptors (Lipinski definition) is 5. The first-order chi connectivity index (χ1) is 15.3. The summed E-state index contributed by atoms with van der Waals surface area (Å²) in [5.41, 5.74) is 0. The monoisotopic (exact) mass is 460 g/mol. The number of unbranched alkanes of at least 4 members (excludes halogenated alkanes) is 11. The fraction of sp³-hybridized carbons (Fsp3) is 0.708. The van der Waals surface area contributed by atoms with Crippen LogP contribution in [0.1, 0.15) is 96.8 Å². The van der Waals surface area contributed by atoms with E-state index in [-0.39, 0.29) is 13.2 Å². The molecule has 0 saturated carbocycles. The minimum atomic E-state index is -1.26. The molecule has 0 amide bonds. The molecule has 0 aromatic carbocycles. The van der Waals surface area contributed by atoms with Gasteiger partial charge < -0.3 is 25.5 Å². The van der Waals surface area contributed by atoms with Crippen molar-refractivity contribution in [2.75, 3.05) is 13.2 Å². The minimum absolute atomic E-state index is 0.125. The van der Waals surface area contributed by atoms with Gasteiger partial charge in [-0.2, -0.15) is 0 Å². The maximum absolute atomic E-state index is 10.3. The molecule has 0 aromatic heterocycles. The molecule has 0 heterocycles. The van der Waals surface area contributed by atoms with E-state index in [1.54, 1.807) is 0 Å². The highest BCUT2D eigenvalue weighted by atomic mass is 16.4. The largest absolute Gasteiger partial charge is 0.481 e. The number of allylic oxidation sites excluding steroid dienone is 2. The van der Waals surface area contributed by atoms with Crippen LogP contribution in [0.4, 0.5) is 0 Å². The van der Waals surface area contributed by atoms with Crippen LogP contribution in [0.15, 0.2) is 24.3 Å². The van der Waals surface area contributed by atoms with Crippen molar-refractivity contribution in [2.24, 2.45) is 0 Å². The molecule has 8 nitrogen and oxygen atoms in total. The summed E-state index contributed by atoms with van der Waals surface area (Å²) in [5.74, 6) is -3.18. The Morgan fingerprint density at radius 1 is 0.594 bits per heavy atom. The van der Waals surface area contributed by atoms with E-state index in [9.17, 15) is 14.4 Å². The average molecular weight is 461 g/mol. The van der Waals surface area contributed by atoms with E-state index >= 15 is 0 Å². The van der Waals surface area contributed by atoms with Crippen molar-refractivity contribution in [1.29, 1.82) is 0 Å². The number of aliphatic hydroxyl groups is 2. The highest BCUT2D eigenvalue weighted by Crippen LogP contribution is 2.09. The summed E-state index contributed by atoms with van der Waals surface area (Å²) in [6.07, 6.45) is 22.4. The molecule has 32 heavy (non-hydrogen) atoms. The lowest BCUT2D eigenvalue weighted by Crippen LogP contribution is -1.93. The maximum atomic E-state index is 10.3. The van der Waals surface area contributed by atoms with Crippen molar-refractivity contribution in [3.8, 4) is 0 Å². The van der Waals surface area contributed by atoms with Crippen LogP contribution in [0.25, 0.3) is 0 Å². The number of aliphatic hydroxyl groups excluding tert-OH is 2. The Balaban J connectivity index is -0.000000575. The van der Waals surface area contributed by atoms with Gasteiger partial charge in [-0.25, -0.2) is 9.59 Å². The van der Waals surface area contributed by atoms with Gasteiger partial charge >= 0.3 is 17.9 Å². The van der Waals surface area contributed by atoms with E-state index in [4.69, 9.17) is 25.5 Å². The van der Waals surface area contributed by atoms with Gasteiger partial charge in [0, 0.05) is 18.6 Å². The standard InChI is InChI=1S/C18H34O2.C4H4O4.C2H6O2/c1-2-3-4-5-6-7-8-9-10-11-12-13-14-15-16-17-18(19)20;5-3(6)1-2-4(7)8;3-1-2-4/h9-10H,2-8,11-17H2,1H3,(H,19,20);1-2H,(H,5,6)(H,7,8);3-4H,1-2H2/b10-9-;2-1-;. The second-order valence-corrected chi connectivity index (χ2v) is 7.19. The molecule has 0 radical (unpaired) electrons. The Bertz CT molecular complexity index is 468. The van der Waals surface area contributed by atoms with E-state index in [1.165, 1.54) is 70.6 Å². The molecule has 0 bridgehead atoms. The summed E-state index contributed by atoms with van der Waals surface area (Å²) < 4.78 is 0. The molecule has 0 aliphatic carbocycles. The van der Waals surface area contributed by atoms with Crippen molar-refractivity contribution in [1.82, 2.24) is 0 Å². The molecule has 0 unspecified atom stereocenters. The highest BCUT2D eigenvalue weighted by molar-refractivity contribution is 5.89. The Kier molecular flexibility index (Phi) is 33.3. The molecule has 188 valence electrons. The predicted molar refractivity (Wildman–Crippen MR) is 126 cm³/mol. The Labute approximate surface area is 192 Å². The van der Waals surface area contributed by atoms with Gasteiger partial charge in [-0.1, -0.05) is 70.4 Å². The molecule has 0 rings (SSSR count). The van der Waals surface area contributed by atoms with Crippen LogP contribution in [-0.2, 0) is 14.4 Å². The Hall–Kier alpha value is -2.19. The Morgan fingerprint density at radius 3 is 1.31 bits per heavy atom. The van der Waals surface area contributed by atoms with Gasteiger partial charge in [0.2, 0.25) is 0 Å². The topological polar surface area (TPSA) is 152 Å². The molecule has 0 atom stereocenters. The van der Waals surface area contributed by atoms with Gasteiger partial charge in [0.15, 0.2) is 0 Å². The van der Waals surface area contributed by atoms with Crippen molar-refractivity contribution in [3.63, 3.8) is 0 Å². The van der Waals surface area contributed by atoms with Crippen LogP contribution in [0.5, 0.6) is 0 Å². The van der Waals surface area contributed by atoms with Crippen LogP contribution in [0, 0.1) is 0 Å². The molecule has 0 aromatic rings. The second-order valence-electron chi connectivity index (χ2n) is 7.19. The molecule has 0 spiro atoms. The number of carboxylic acids is 3. The molecular weight excluding hydrogens is 416 g/mol. The first-order valence-corrected chi connectivity index (χ1v) is 11.5. The molecule has 8 heteroatoms. The number of aliphatic carboxylic acids is 3. The summed E-state index contributed by atoms with van der Waals surface area (Å²) in [6.45, 7) is 2.01. The first-order valence-electron chi connectivity index (χ1n) is 11.5. The average Bonchev–Trinajstić information content (AvgIpc) is 2.75. The minimum Gasteiger partial charge on any atom is -0.481 e. The fourth-order valence-corrected chi connectivity index (χ4v) is 2.49. The van der Waals surface area contributed by atoms with Crippen LogP contribution in [0.3, 0.4) is 0 Å². The molecule has 0 aliphatic rings. The number of rotatable bonds is 18. The Morgan fingerprint density at radius 2 is 0.969 bits per heavy atom. The van der Waals surface area contributed by atoms with Crippen molar-refractivity contribution in [3.05, 3.63) is 24.3 Å². The van der Waals surface area contributed by atoms with Gasteiger partial charge in [0.05, 0.1) is 13.2 Å². The highest BCUT2D eigenvalue weighted by Gasteiger charge is 1.95. The summed E-state index contributed by atoms with van der Waals surface area (Å²) in [4.78, 5) is 29.4. The molecule has 0 saturated heterocycles. The van der Waals surface area contributed by atoms with Gasteiger partial charge in [-0.15, -0.1) is 0 Å². The molecule has 0 fully saturated rings. The third kappa shape index (κ3) is 46.2. The fourth-order valence-electron chi connectivity index (χ4n) is 2.49. The lowest BCUT2D eigenvalue weighted by molar-refractivity contribution is -0.137. The molecular formula is C24H44O8.